The van der Waals surface area contributed by atoms with E-state index in [9.17, 15) is 15.2 Å². The molecule has 0 heterocycles. The van der Waals surface area contributed by atoms with Gasteiger partial charge in [0.25, 0.3) is 5.69 Å². The number of hydrogen-bond donors (Lipinski definition) is 1. The summed E-state index contributed by atoms with van der Waals surface area (Å²) in [5.41, 5.74) is -0.0165. The lowest BCUT2D eigenvalue weighted by Crippen LogP contribution is -2.21. The van der Waals surface area contributed by atoms with Crippen LogP contribution in [0.4, 0.5) is 5.69 Å². The normalized spacial score (nSPS) is 10.7. The zero-order valence-corrected chi connectivity index (χ0v) is 13.1. The first kappa shape index (κ1) is 15.2. The Bertz CT molecular complexity index is 783. The third kappa shape index (κ3) is 3.22. The summed E-state index contributed by atoms with van der Waals surface area (Å²) >= 11 is 0. The molecule has 4 nitrogen and oxygen atoms in total. The molecular formula is C18H14NO3P. The van der Waals surface area contributed by atoms with Crippen LogP contribution in [0, 0.1) is 10.1 Å². The van der Waals surface area contributed by atoms with Gasteiger partial charge in [0.1, 0.15) is 5.75 Å². The van der Waals surface area contributed by atoms with Gasteiger partial charge in [-0.05, 0) is 24.6 Å². The molecule has 3 aromatic carbocycles. The first-order valence-corrected chi connectivity index (χ1v) is 8.38. The van der Waals surface area contributed by atoms with Gasteiger partial charge in [0, 0.05) is 17.4 Å². The Labute approximate surface area is 134 Å². The Morgan fingerprint density at radius 2 is 1.35 bits per heavy atom. The molecule has 0 bridgehead atoms. The molecule has 0 saturated heterocycles. The molecule has 0 amide bonds. The summed E-state index contributed by atoms with van der Waals surface area (Å²) in [4.78, 5) is 10.7. The van der Waals surface area contributed by atoms with Crippen LogP contribution in [0.3, 0.4) is 0 Å². The van der Waals surface area contributed by atoms with E-state index in [-0.39, 0.29) is 11.4 Å². The maximum absolute atomic E-state index is 11.1. The van der Waals surface area contributed by atoms with Crippen molar-refractivity contribution >= 4 is 29.5 Å². The molecule has 114 valence electrons. The van der Waals surface area contributed by atoms with Crippen molar-refractivity contribution in [1.82, 2.24) is 0 Å². The van der Waals surface area contributed by atoms with Crippen molar-refractivity contribution in [3.63, 3.8) is 0 Å². The molecule has 0 atom stereocenters. The summed E-state index contributed by atoms with van der Waals surface area (Å²) in [5.74, 6) is 0.0782. The van der Waals surface area contributed by atoms with E-state index >= 15 is 0 Å². The van der Waals surface area contributed by atoms with Crippen LogP contribution in [0.15, 0.2) is 78.9 Å². The number of phenols is 1. The molecule has 3 aromatic rings. The molecule has 1 N–H and O–H groups in total. The fourth-order valence-electron chi connectivity index (χ4n) is 2.39. The quantitative estimate of drug-likeness (QED) is 0.456. The van der Waals surface area contributed by atoms with Crippen LogP contribution < -0.4 is 15.9 Å². The molecule has 5 heteroatoms. The molecule has 0 aliphatic rings. The van der Waals surface area contributed by atoms with Crippen LogP contribution in [-0.4, -0.2) is 10.0 Å². The highest BCUT2D eigenvalue weighted by atomic mass is 31.1. The number of nitro benzene ring substituents is 1. The van der Waals surface area contributed by atoms with Crippen LogP contribution in [0.2, 0.25) is 0 Å². The standard InChI is InChI=1S/C18H14NO3P/c20-17-12-11-14(19(21)22)13-18(17)23(15-7-3-1-4-8-15)16-9-5-2-6-10-16/h1-13,20H. The van der Waals surface area contributed by atoms with E-state index in [1.807, 2.05) is 60.7 Å². The van der Waals surface area contributed by atoms with E-state index in [4.69, 9.17) is 0 Å². The monoisotopic (exact) mass is 323 g/mol. The number of hydrogen-bond acceptors (Lipinski definition) is 3. The Balaban J connectivity index is 2.21. The van der Waals surface area contributed by atoms with Crippen LogP contribution in [0.5, 0.6) is 5.75 Å². The lowest BCUT2D eigenvalue weighted by Gasteiger charge is -2.20. The van der Waals surface area contributed by atoms with Crippen molar-refractivity contribution in [2.24, 2.45) is 0 Å². The number of nitrogens with zero attached hydrogens (tertiary/aromatic N) is 1. The Kier molecular flexibility index (Phi) is 4.35. The summed E-state index contributed by atoms with van der Waals surface area (Å²) < 4.78 is 0. The number of phenolic OH excluding ortho intramolecular Hbond substituents is 1. The average molecular weight is 323 g/mol. The Morgan fingerprint density at radius 1 is 0.826 bits per heavy atom. The Morgan fingerprint density at radius 3 is 1.83 bits per heavy atom. The molecule has 0 radical (unpaired) electrons. The number of non-ortho nitro benzene ring substituents is 1. The van der Waals surface area contributed by atoms with E-state index in [1.165, 1.54) is 18.2 Å². The molecule has 0 spiro atoms. The minimum Gasteiger partial charge on any atom is -0.507 e. The first-order valence-electron chi connectivity index (χ1n) is 7.04. The van der Waals surface area contributed by atoms with Crippen LogP contribution in [0.1, 0.15) is 0 Å². The maximum Gasteiger partial charge on any atom is 0.270 e. The van der Waals surface area contributed by atoms with Crippen molar-refractivity contribution in [1.29, 1.82) is 0 Å². The highest BCUT2D eigenvalue weighted by Gasteiger charge is 2.22. The summed E-state index contributed by atoms with van der Waals surface area (Å²) in [6.45, 7) is 0. The largest absolute Gasteiger partial charge is 0.507 e. The topological polar surface area (TPSA) is 63.4 Å². The van der Waals surface area contributed by atoms with Gasteiger partial charge in [-0.15, -0.1) is 0 Å². The lowest BCUT2D eigenvalue weighted by molar-refractivity contribution is -0.384. The van der Waals surface area contributed by atoms with E-state index in [2.05, 4.69) is 0 Å². The van der Waals surface area contributed by atoms with Crippen LogP contribution in [0.25, 0.3) is 0 Å². The predicted molar refractivity (Wildman–Crippen MR) is 93.5 cm³/mol. The molecule has 0 unspecified atom stereocenters. The maximum atomic E-state index is 11.1. The highest BCUT2D eigenvalue weighted by Crippen LogP contribution is 2.37. The molecule has 3 rings (SSSR count). The van der Waals surface area contributed by atoms with Gasteiger partial charge in [-0.25, -0.2) is 0 Å². The van der Waals surface area contributed by atoms with E-state index < -0.39 is 12.8 Å². The smallest absolute Gasteiger partial charge is 0.270 e. The first-order chi connectivity index (χ1) is 11.2. The van der Waals surface area contributed by atoms with Crippen LogP contribution in [-0.2, 0) is 0 Å². The lowest BCUT2D eigenvalue weighted by atomic mass is 10.3. The molecule has 0 saturated carbocycles. The zero-order valence-electron chi connectivity index (χ0n) is 12.2. The fraction of sp³-hybridized carbons (Fsp3) is 0. The second-order valence-electron chi connectivity index (χ2n) is 4.94. The van der Waals surface area contributed by atoms with Gasteiger partial charge in [0.15, 0.2) is 0 Å². The second kappa shape index (κ2) is 6.59. The molecule has 0 aliphatic heterocycles. The van der Waals surface area contributed by atoms with Gasteiger partial charge < -0.3 is 5.11 Å². The third-order valence-electron chi connectivity index (χ3n) is 3.44. The highest BCUT2D eigenvalue weighted by molar-refractivity contribution is 7.80. The van der Waals surface area contributed by atoms with E-state index in [1.54, 1.807) is 0 Å². The van der Waals surface area contributed by atoms with Gasteiger partial charge in [0.2, 0.25) is 0 Å². The van der Waals surface area contributed by atoms with Crippen molar-refractivity contribution in [2.45, 2.75) is 0 Å². The third-order valence-corrected chi connectivity index (χ3v) is 5.91. The van der Waals surface area contributed by atoms with Crippen LogP contribution >= 0.6 is 7.92 Å². The summed E-state index contributed by atoms with van der Waals surface area (Å²) in [7, 11) is -1.06. The van der Waals surface area contributed by atoms with Crippen molar-refractivity contribution in [2.75, 3.05) is 0 Å². The number of rotatable bonds is 4. The minimum absolute atomic E-state index is 0.0165. The van der Waals surface area contributed by atoms with Gasteiger partial charge >= 0.3 is 0 Å². The zero-order chi connectivity index (χ0) is 16.2. The molecule has 23 heavy (non-hydrogen) atoms. The second-order valence-corrected chi connectivity index (χ2v) is 7.12. The van der Waals surface area contributed by atoms with Gasteiger partial charge in [-0.2, -0.15) is 0 Å². The number of aromatic hydroxyl groups is 1. The van der Waals surface area contributed by atoms with Crippen molar-refractivity contribution < 1.29 is 10.0 Å². The van der Waals surface area contributed by atoms with Gasteiger partial charge in [-0.3, -0.25) is 10.1 Å². The fourth-order valence-corrected chi connectivity index (χ4v) is 4.75. The summed E-state index contributed by atoms with van der Waals surface area (Å²) in [6, 6.07) is 23.7. The SMILES string of the molecule is O=[N+]([O-])c1ccc(O)c(P(c2ccccc2)c2ccccc2)c1. The predicted octanol–water partition coefficient (Wildman–Crippen LogP) is 3.06. The average Bonchev–Trinajstić information content (AvgIpc) is 2.58. The molecule has 0 aromatic heterocycles. The minimum atomic E-state index is -1.06. The van der Waals surface area contributed by atoms with E-state index in [0.29, 0.717) is 5.30 Å². The molecular weight excluding hydrogens is 309 g/mol. The van der Waals surface area contributed by atoms with Crippen molar-refractivity contribution in [3.05, 3.63) is 89.0 Å². The summed E-state index contributed by atoms with van der Waals surface area (Å²) in [6.07, 6.45) is 0. The molecule has 0 fully saturated rings. The number of nitro groups is 1. The molecule has 0 aliphatic carbocycles. The van der Waals surface area contributed by atoms with E-state index in [0.717, 1.165) is 10.6 Å². The summed E-state index contributed by atoms with van der Waals surface area (Å²) in [5, 5.41) is 24.0. The number of benzene rings is 3. The van der Waals surface area contributed by atoms with Gasteiger partial charge in [0.05, 0.1) is 4.92 Å². The van der Waals surface area contributed by atoms with Gasteiger partial charge in [-0.1, -0.05) is 60.7 Å². The van der Waals surface area contributed by atoms with Crippen molar-refractivity contribution in [3.8, 4) is 5.75 Å². The Hall–Kier alpha value is -2.71.